The summed E-state index contributed by atoms with van der Waals surface area (Å²) in [6.07, 6.45) is 0.828. The number of aryl methyl sites for hydroxylation is 1. The zero-order valence-electron chi connectivity index (χ0n) is 13.9. The molecule has 1 aromatic heterocycles. The number of rotatable bonds is 6. The second-order valence-corrected chi connectivity index (χ2v) is 5.61. The molecular weight excluding hydrogens is 297 g/mol. The zero-order chi connectivity index (χ0) is 17.0. The van der Waals surface area contributed by atoms with Gasteiger partial charge in [-0.3, -0.25) is 9.48 Å². The molecule has 0 radical (unpaired) electrons. The SMILES string of the molecule is CCCn1nc(-c2ccc(OC)cc2F)cc1C(=O)NC(C)C. The summed E-state index contributed by atoms with van der Waals surface area (Å²) in [5.74, 6) is -0.195. The van der Waals surface area contributed by atoms with Crippen LogP contribution in [0.15, 0.2) is 24.3 Å². The lowest BCUT2D eigenvalue weighted by Gasteiger charge is -2.09. The third-order valence-electron chi connectivity index (χ3n) is 3.32. The van der Waals surface area contributed by atoms with Crippen molar-refractivity contribution in [1.29, 1.82) is 0 Å². The van der Waals surface area contributed by atoms with Crippen LogP contribution in [-0.4, -0.2) is 28.8 Å². The Kier molecular flexibility index (Phi) is 5.36. The maximum atomic E-state index is 14.2. The summed E-state index contributed by atoms with van der Waals surface area (Å²) in [5.41, 5.74) is 1.22. The monoisotopic (exact) mass is 319 g/mol. The second-order valence-electron chi connectivity index (χ2n) is 5.61. The van der Waals surface area contributed by atoms with Crippen molar-refractivity contribution in [2.75, 3.05) is 7.11 Å². The van der Waals surface area contributed by atoms with Crippen molar-refractivity contribution < 1.29 is 13.9 Å². The second kappa shape index (κ2) is 7.26. The molecule has 0 atom stereocenters. The summed E-state index contributed by atoms with van der Waals surface area (Å²) < 4.78 is 20.9. The molecule has 124 valence electrons. The van der Waals surface area contributed by atoms with Crippen molar-refractivity contribution in [3.05, 3.63) is 35.8 Å². The Balaban J connectivity index is 2.42. The number of hydrogen-bond donors (Lipinski definition) is 1. The van der Waals surface area contributed by atoms with Crippen LogP contribution in [-0.2, 0) is 6.54 Å². The maximum Gasteiger partial charge on any atom is 0.269 e. The molecule has 0 fully saturated rings. The number of ether oxygens (including phenoxy) is 1. The van der Waals surface area contributed by atoms with Gasteiger partial charge in [0.2, 0.25) is 0 Å². The Morgan fingerprint density at radius 3 is 2.70 bits per heavy atom. The third kappa shape index (κ3) is 3.88. The molecule has 2 aromatic rings. The first kappa shape index (κ1) is 17.0. The Hall–Kier alpha value is -2.37. The Bertz CT molecular complexity index is 695. The van der Waals surface area contributed by atoms with Gasteiger partial charge in [0.15, 0.2) is 0 Å². The van der Waals surface area contributed by atoms with Crippen LogP contribution in [0.2, 0.25) is 0 Å². The van der Waals surface area contributed by atoms with Gasteiger partial charge in [-0.25, -0.2) is 4.39 Å². The molecule has 0 unspecified atom stereocenters. The smallest absolute Gasteiger partial charge is 0.269 e. The number of nitrogens with zero attached hydrogens (tertiary/aromatic N) is 2. The minimum absolute atomic E-state index is 0.0219. The van der Waals surface area contributed by atoms with E-state index in [0.717, 1.165) is 6.42 Å². The minimum Gasteiger partial charge on any atom is -0.497 e. The highest BCUT2D eigenvalue weighted by Crippen LogP contribution is 2.26. The topological polar surface area (TPSA) is 56.2 Å². The fraction of sp³-hybridized carbons (Fsp3) is 0.412. The standard InChI is InChI=1S/C17H22FN3O2/c1-5-8-21-16(17(22)19-11(2)3)10-15(20-21)13-7-6-12(23-4)9-14(13)18/h6-7,9-11H,5,8H2,1-4H3,(H,19,22). The molecule has 1 aromatic carbocycles. The van der Waals surface area contributed by atoms with Crippen LogP contribution in [0, 0.1) is 5.82 Å². The molecule has 1 N–H and O–H groups in total. The zero-order valence-corrected chi connectivity index (χ0v) is 13.9. The van der Waals surface area contributed by atoms with E-state index < -0.39 is 5.82 Å². The maximum absolute atomic E-state index is 14.2. The number of benzene rings is 1. The van der Waals surface area contributed by atoms with Crippen LogP contribution < -0.4 is 10.1 Å². The summed E-state index contributed by atoms with van der Waals surface area (Å²) in [4.78, 5) is 12.3. The molecule has 1 amide bonds. The van der Waals surface area contributed by atoms with Crippen LogP contribution in [0.3, 0.4) is 0 Å². The molecule has 6 heteroatoms. The molecule has 0 aliphatic carbocycles. The lowest BCUT2D eigenvalue weighted by atomic mass is 10.1. The average Bonchev–Trinajstić information content (AvgIpc) is 2.90. The van der Waals surface area contributed by atoms with E-state index in [4.69, 9.17) is 4.74 Å². The van der Waals surface area contributed by atoms with Crippen LogP contribution >= 0.6 is 0 Å². The summed E-state index contributed by atoms with van der Waals surface area (Å²) in [7, 11) is 1.48. The van der Waals surface area contributed by atoms with Gasteiger partial charge in [-0.15, -0.1) is 0 Å². The molecule has 0 bridgehead atoms. The number of carbonyl (C=O) groups excluding carboxylic acids is 1. The van der Waals surface area contributed by atoms with Gasteiger partial charge < -0.3 is 10.1 Å². The minimum atomic E-state index is -0.429. The van der Waals surface area contributed by atoms with Gasteiger partial charge in [-0.1, -0.05) is 6.92 Å². The fourth-order valence-electron chi connectivity index (χ4n) is 2.28. The largest absolute Gasteiger partial charge is 0.497 e. The fourth-order valence-corrected chi connectivity index (χ4v) is 2.28. The van der Waals surface area contributed by atoms with E-state index in [1.54, 1.807) is 22.9 Å². The summed E-state index contributed by atoms with van der Waals surface area (Å²) >= 11 is 0. The van der Waals surface area contributed by atoms with Crippen molar-refractivity contribution in [1.82, 2.24) is 15.1 Å². The van der Waals surface area contributed by atoms with Gasteiger partial charge in [0.05, 0.1) is 12.8 Å². The first-order chi connectivity index (χ1) is 11.0. The molecule has 1 heterocycles. The summed E-state index contributed by atoms with van der Waals surface area (Å²) in [6.45, 7) is 6.38. The molecule has 0 saturated carbocycles. The molecule has 0 aliphatic rings. The number of methoxy groups -OCH3 is 1. The van der Waals surface area contributed by atoms with E-state index in [-0.39, 0.29) is 11.9 Å². The normalized spacial score (nSPS) is 10.9. The van der Waals surface area contributed by atoms with E-state index >= 15 is 0 Å². The molecule has 0 saturated heterocycles. The van der Waals surface area contributed by atoms with Crippen LogP contribution in [0.5, 0.6) is 5.75 Å². The Labute approximate surface area is 135 Å². The predicted molar refractivity (Wildman–Crippen MR) is 87.1 cm³/mol. The number of nitrogens with one attached hydrogen (secondary N) is 1. The van der Waals surface area contributed by atoms with E-state index in [0.29, 0.717) is 29.2 Å². The Morgan fingerprint density at radius 2 is 2.13 bits per heavy atom. The number of aromatic nitrogens is 2. The van der Waals surface area contributed by atoms with Crippen molar-refractivity contribution in [3.8, 4) is 17.0 Å². The van der Waals surface area contributed by atoms with Crippen LogP contribution in [0.1, 0.15) is 37.7 Å². The molecule has 0 aliphatic heterocycles. The van der Waals surface area contributed by atoms with Gasteiger partial charge in [0.25, 0.3) is 5.91 Å². The number of amides is 1. The van der Waals surface area contributed by atoms with Gasteiger partial charge in [-0.2, -0.15) is 5.10 Å². The van der Waals surface area contributed by atoms with Crippen molar-refractivity contribution in [3.63, 3.8) is 0 Å². The lowest BCUT2D eigenvalue weighted by molar-refractivity contribution is 0.0932. The molecular formula is C17H22FN3O2. The quantitative estimate of drug-likeness (QED) is 0.889. The number of carbonyl (C=O) groups is 1. The molecule has 23 heavy (non-hydrogen) atoms. The van der Waals surface area contributed by atoms with Gasteiger partial charge in [-0.05, 0) is 38.5 Å². The van der Waals surface area contributed by atoms with Crippen molar-refractivity contribution in [2.45, 2.75) is 39.8 Å². The average molecular weight is 319 g/mol. The summed E-state index contributed by atoms with van der Waals surface area (Å²) in [5, 5.41) is 7.23. The van der Waals surface area contributed by atoms with E-state index in [9.17, 15) is 9.18 Å². The van der Waals surface area contributed by atoms with Crippen molar-refractivity contribution >= 4 is 5.91 Å². The van der Waals surface area contributed by atoms with Crippen LogP contribution in [0.25, 0.3) is 11.3 Å². The first-order valence-electron chi connectivity index (χ1n) is 7.68. The number of hydrogen-bond acceptors (Lipinski definition) is 3. The van der Waals surface area contributed by atoms with Gasteiger partial charge in [0, 0.05) is 24.2 Å². The summed E-state index contributed by atoms with van der Waals surface area (Å²) in [6, 6.07) is 6.23. The van der Waals surface area contributed by atoms with E-state index in [1.807, 2.05) is 20.8 Å². The van der Waals surface area contributed by atoms with E-state index in [1.165, 1.54) is 13.2 Å². The van der Waals surface area contributed by atoms with Gasteiger partial charge >= 0.3 is 0 Å². The number of halogens is 1. The third-order valence-corrected chi connectivity index (χ3v) is 3.32. The molecule has 0 spiro atoms. The molecule has 2 rings (SSSR count). The first-order valence-corrected chi connectivity index (χ1v) is 7.68. The Morgan fingerprint density at radius 1 is 1.39 bits per heavy atom. The molecule has 5 nitrogen and oxygen atoms in total. The van der Waals surface area contributed by atoms with Gasteiger partial charge in [0.1, 0.15) is 17.3 Å². The highest BCUT2D eigenvalue weighted by Gasteiger charge is 2.18. The van der Waals surface area contributed by atoms with Crippen LogP contribution in [0.4, 0.5) is 4.39 Å². The van der Waals surface area contributed by atoms with Crippen molar-refractivity contribution in [2.24, 2.45) is 0 Å². The highest BCUT2D eigenvalue weighted by molar-refractivity contribution is 5.93. The lowest BCUT2D eigenvalue weighted by Crippen LogP contribution is -2.31. The predicted octanol–water partition coefficient (Wildman–Crippen LogP) is 3.25. The van der Waals surface area contributed by atoms with E-state index in [2.05, 4.69) is 10.4 Å². The highest BCUT2D eigenvalue weighted by atomic mass is 19.1.